The lowest BCUT2D eigenvalue weighted by Crippen LogP contribution is -2.15. The Morgan fingerprint density at radius 3 is 2.65 bits per heavy atom. The summed E-state index contributed by atoms with van der Waals surface area (Å²) in [6.07, 6.45) is 0. The molecule has 2 rings (SSSR count). The van der Waals surface area contributed by atoms with Gasteiger partial charge in [0.15, 0.2) is 0 Å². The van der Waals surface area contributed by atoms with E-state index in [0.717, 1.165) is 16.0 Å². The zero-order valence-electron chi connectivity index (χ0n) is 12.8. The van der Waals surface area contributed by atoms with Gasteiger partial charge in [0.2, 0.25) is 5.91 Å². The number of amides is 1. The largest absolute Gasteiger partial charge is 0.495 e. The van der Waals surface area contributed by atoms with E-state index < -0.39 is 0 Å². The predicted molar refractivity (Wildman–Crippen MR) is 98.6 cm³/mol. The zero-order valence-corrected chi connectivity index (χ0v) is 15.2. The average molecular weight is 396 g/mol. The van der Waals surface area contributed by atoms with Crippen molar-refractivity contribution in [1.82, 2.24) is 0 Å². The zero-order chi connectivity index (χ0) is 16.5. The number of thioether (sulfide) groups is 1. The summed E-state index contributed by atoms with van der Waals surface area (Å²) in [4.78, 5) is 11.9. The molecule has 1 amide bonds. The van der Waals surface area contributed by atoms with Crippen LogP contribution >= 0.6 is 27.7 Å². The van der Waals surface area contributed by atoms with E-state index in [9.17, 15) is 4.79 Å². The van der Waals surface area contributed by atoms with E-state index in [-0.39, 0.29) is 5.91 Å². The van der Waals surface area contributed by atoms with E-state index in [4.69, 9.17) is 9.47 Å². The molecule has 0 atom stereocenters. The third-order valence-corrected chi connectivity index (χ3v) is 4.37. The standard InChI is InChI=1S/C17H18BrNO3S/c1-21-16-5-3-2-4-15(16)19-17(20)12-23-11-10-22-14-8-6-13(18)7-9-14/h2-9H,10-12H2,1H3,(H,19,20). The molecule has 0 radical (unpaired) electrons. The summed E-state index contributed by atoms with van der Waals surface area (Å²) >= 11 is 4.91. The van der Waals surface area contributed by atoms with Gasteiger partial charge in [-0.3, -0.25) is 4.79 Å². The molecule has 0 aliphatic carbocycles. The van der Waals surface area contributed by atoms with Crippen LogP contribution in [-0.4, -0.2) is 31.1 Å². The molecule has 2 aromatic carbocycles. The molecule has 122 valence electrons. The molecule has 0 aromatic heterocycles. The number of carbonyl (C=O) groups is 1. The van der Waals surface area contributed by atoms with E-state index in [1.165, 1.54) is 11.8 Å². The minimum Gasteiger partial charge on any atom is -0.495 e. The number of halogens is 1. The maximum atomic E-state index is 11.9. The highest BCUT2D eigenvalue weighted by Gasteiger charge is 2.06. The van der Waals surface area contributed by atoms with Crippen LogP contribution < -0.4 is 14.8 Å². The van der Waals surface area contributed by atoms with E-state index in [0.29, 0.717) is 23.8 Å². The molecule has 6 heteroatoms. The average Bonchev–Trinajstić information content (AvgIpc) is 2.57. The van der Waals surface area contributed by atoms with E-state index in [1.807, 2.05) is 48.5 Å². The Morgan fingerprint density at radius 1 is 1.17 bits per heavy atom. The van der Waals surface area contributed by atoms with Crippen LogP contribution in [0.5, 0.6) is 11.5 Å². The van der Waals surface area contributed by atoms with Crippen LogP contribution in [0.15, 0.2) is 53.0 Å². The first kappa shape index (κ1) is 17.7. The van der Waals surface area contributed by atoms with Gasteiger partial charge in [-0.2, -0.15) is 0 Å². The molecule has 1 N–H and O–H groups in total. The normalized spacial score (nSPS) is 10.2. The molecular formula is C17H18BrNO3S. The highest BCUT2D eigenvalue weighted by molar-refractivity contribution is 9.10. The van der Waals surface area contributed by atoms with Crippen molar-refractivity contribution in [3.8, 4) is 11.5 Å². The quantitative estimate of drug-likeness (QED) is 0.680. The van der Waals surface area contributed by atoms with Crippen LogP contribution in [-0.2, 0) is 4.79 Å². The fourth-order valence-electron chi connectivity index (χ4n) is 1.85. The Hall–Kier alpha value is -1.66. The topological polar surface area (TPSA) is 47.6 Å². The van der Waals surface area contributed by atoms with Crippen molar-refractivity contribution in [1.29, 1.82) is 0 Å². The van der Waals surface area contributed by atoms with Gasteiger partial charge in [-0.05, 0) is 36.4 Å². The summed E-state index contributed by atoms with van der Waals surface area (Å²) in [6.45, 7) is 0.564. The summed E-state index contributed by atoms with van der Waals surface area (Å²) < 4.78 is 11.8. The molecule has 0 saturated heterocycles. The fourth-order valence-corrected chi connectivity index (χ4v) is 2.72. The number of ether oxygens (including phenoxy) is 2. The van der Waals surface area contributed by atoms with E-state index in [2.05, 4.69) is 21.2 Å². The lowest BCUT2D eigenvalue weighted by molar-refractivity contribution is -0.113. The molecule has 2 aromatic rings. The molecule has 0 unspecified atom stereocenters. The minimum atomic E-state index is -0.0526. The molecule has 0 bridgehead atoms. The summed E-state index contributed by atoms with van der Waals surface area (Å²) in [5, 5.41) is 2.85. The molecular weight excluding hydrogens is 378 g/mol. The SMILES string of the molecule is COc1ccccc1NC(=O)CSCCOc1ccc(Br)cc1. The van der Waals surface area contributed by atoms with Gasteiger partial charge in [0, 0.05) is 10.2 Å². The highest BCUT2D eigenvalue weighted by atomic mass is 79.9. The van der Waals surface area contributed by atoms with Gasteiger partial charge in [-0.1, -0.05) is 28.1 Å². The molecule has 0 spiro atoms. The number of methoxy groups -OCH3 is 1. The van der Waals surface area contributed by atoms with Crippen molar-refractivity contribution in [2.24, 2.45) is 0 Å². The summed E-state index contributed by atoms with van der Waals surface area (Å²) in [5.74, 6) is 2.55. The van der Waals surface area contributed by atoms with Gasteiger partial charge in [0.25, 0.3) is 0 Å². The van der Waals surface area contributed by atoms with Crippen molar-refractivity contribution in [2.45, 2.75) is 0 Å². The van der Waals surface area contributed by atoms with Crippen LogP contribution in [0.1, 0.15) is 0 Å². The molecule has 4 nitrogen and oxygen atoms in total. The number of hydrogen-bond donors (Lipinski definition) is 1. The van der Waals surface area contributed by atoms with Gasteiger partial charge < -0.3 is 14.8 Å². The highest BCUT2D eigenvalue weighted by Crippen LogP contribution is 2.23. The Balaban J connectivity index is 1.66. The van der Waals surface area contributed by atoms with E-state index in [1.54, 1.807) is 7.11 Å². The second kappa shape index (κ2) is 9.47. The third-order valence-electron chi connectivity index (χ3n) is 2.92. The first-order valence-corrected chi connectivity index (χ1v) is 9.03. The number of carbonyl (C=O) groups excluding carboxylic acids is 1. The molecule has 0 aliphatic rings. The predicted octanol–water partition coefficient (Wildman–Crippen LogP) is 4.21. The first-order valence-electron chi connectivity index (χ1n) is 7.08. The summed E-state index contributed by atoms with van der Waals surface area (Å²) in [7, 11) is 1.58. The van der Waals surface area contributed by atoms with Crippen molar-refractivity contribution < 1.29 is 14.3 Å². The van der Waals surface area contributed by atoms with Crippen LogP contribution in [0.2, 0.25) is 0 Å². The first-order chi connectivity index (χ1) is 11.2. The Kier molecular flexibility index (Phi) is 7.29. The second-order valence-electron chi connectivity index (χ2n) is 4.60. The number of anilines is 1. The number of hydrogen-bond acceptors (Lipinski definition) is 4. The number of nitrogens with one attached hydrogen (secondary N) is 1. The van der Waals surface area contributed by atoms with Crippen molar-refractivity contribution in [2.75, 3.05) is 30.5 Å². The molecule has 0 aliphatic heterocycles. The van der Waals surface area contributed by atoms with Crippen LogP contribution in [0, 0.1) is 0 Å². The Labute approximate surface area is 148 Å². The lowest BCUT2D eigenvalue weighted by atomic mass is 10.3. The van der Waals surface area contributed by atoms with Gasteiger partial charge in [-0.25, -0.2) is 0 Å². The Morgan fingerprint density at radius 2 is 1.91 bits per heavy atom. The monoisotopic (exact) mass is 395 g/mol. The maximum Gasteiger partial charge on any atom is 0.234 e. The molecule has 0 fully saturated rings. The smallest absolute Gasteiger partial charge is 0.234 e. The second-order valence-corrected chi connectivity index (χ2v) is 6.62. The van der Waals surface area contributed by atoms with Gasteiger partial charge in [-0.15, -0.1) is 11.8 Å². The lowest BCUT2D eigenvalue weighted by Gasteiger charge is -2.10. The fraction of sp³-hybridized carbons (Fsp3) is 0.235. The van der Waals surface area contributed by atoms with Gasteiger partial charge >= 0.3 is 0 Å². The maximum absolute atomic E-state index is 11.9. The molecule has 0 saturated carbocycles. The number of rotatable bonds is 8. The van der Waals surface area contributed by atoms with Crippen molar-refractivity contribution >= 4 is 39.3 Å². The van der Waals surface area contributed by atoms with Gasteiger partial charge in [0.05, 0.1) is 25.2 Å². The number of benzene rings is 2. The van der Waals surface area contributed by atoms with Crippen molar-refractivity contribution in [3.05, 3.63) is 53.0 Å². The van der Waals surface area contributed by atoms with Crippen LogP contribution in [0.4, 0.5) is 5.69 Å². The third kappa shape index (κ3) is 6.15. The van der Waals surface area contributed by atoms with Crippen molar-refractivity contribution in [3.63, 3.8) is 0 Å². The summed E-state index contributed by atoms with van der Waals surface area (Å²) in [6, 6.07) is 15.0. The molecule has 23 heavy (non-hydrogen) atoms. The van der Waals surface area contributed by atoms with Crippen LogP contribution in [0.25, 0.3) is 0 Å². The van der Waals surface area contributed by atoms with Gasteiger partial charge in [0.1, 0.15) is 11.5 Å². The Bertz CT molecular complexity index is 634. The number of para-hydroxylation sites is 2. The van der Waals surface area contributed by atoms with Crippen LogP contribution in [0.3, 0.4) is 0 Å². The summed E-state index contributed by atoms with van der Waals surface area (Å²) in [5.41, 5.74) is 0.687. The van der Waals surface area contributed by atoms with E-state index >= 15 is 0 Å². The molecule has 0 heterocycles. The minimum absolute atomic E-state index is 0.0526.